The van der Waals surface area contributed by atoms with Crippen LogP contribution in [0.25, 0.3) is 0 Å². The summed E-state index contributed by atoms with van der Waals surface area (Å²) >= 11 is 0.535. The van der Waals surface area contributed by atoms with Gasteiger partial charge in [0.05, 0.1) is 0 Å². The van der Waals surface area contributed by atoms with Crippen LogP contribution in [0, 0.1) is 6.92 Å². The Labute approximate surface area is 41.5 Å². The zero-order chi connectivity index (χ0) is 4.00. The van der Waals surface area contributed by atoms with E-state index in [2.05, 4.69) is 6.92 Å². The molecule has 0 aliphatic carbocycles. The molecule has 0 rings (SSSR count). The van der Waals surface area contributed by atoms with Crippen molar-refractivity contribution in [2.24, 2.45) is 0 Å². The molecule has 0 N–H and O–H groups in total. The fraction of sp³-hybridized carbons (Fsp3) is 0.500. The molecule has 0 aromatic rings. The number of hydrogen-bond acceptors (Lipinski definition) is 0. The average molecular weight is 136 g/mol. The molecule has 0 saturated heterocycles. The van der Waals surface area contributed by atoms with Crippen LogP contribution in [0.3, 0.4) is 0 Å². The topological polar surface area (TPSA) is 0 Å². The van der Waals surface area contributed by atoms with Crippen molar-refractivity contribution in [3.8, 4) is 0 Å². The molecule has 1 radical (unpaired) electrons. The van der Waals surface area contributed by atoms with Crippen molar-refractivity contribution in [1.82, 2.24) is 0 Å². The predicted octanol–water partition coefficient (Wildman–Crippen LogP) is 0.614. The second kappa shape index (κ2) is 39.2. The SMILES string of the molecule is [CH2]C.[Cl][GaH2]. The third-order valence-corrected chi connectivity index (χ3v) is 0. The van der Waals surface area contributed by atoms with Gasteiger partial charge in [0, 0.05) is 0 Å². The molecule has 0 aliphatic rings. The molecule has 0 spiro atoms. The van der Waals surface area contributed by atoms with E-state index in [0.717, 1.165) is 0 Å². The zero-order valence-corrected chi connectivity index (χ0v) is 8.04. The Bertz CT molecular complexity index is 6.00. The number of hydrogen-bond donors (Lipinski definition) is 0. The van der Waals surface area contributed by atoms with Gasteiger partial charge in [0.1, 0.15) is 0 Å². The van der Waals surface area contributed by atoms with E-state index in [1.807, 2.05) is 0 Å². The van der Waals surface area contributed by atoms with Crippen LogP contribution in [0.15, 0.2) is 0 Å². The Balaban J connectivity index is 0. The maximum absolute atomic E-state index is 4.83. The second-order valence-electron chi connectivity index (χ2n) is 0. The van der Waals surface area contributed by atoms with Crippen LogP contribution < -0.4 is 0 Å². The monoisotopic (exact) mass is 135 g/mol. The normalized spacial score (nSPS) is 2.75. The predicted molar refractivity (Wildman–Crippen MR) is 25.4 cm³/mol. The molecule has 0 atom stereocenters. The summed E-state index contributed by atoms with van der Waals surface area (Å²) in [6, 6.07) is 0. The molecular formula is C2H7ClGa. The van der Waals surface area contributed by atoms with Gasteiger partial charge in [-0.1, -0.05) is 13.8 Å². The standard InChI is InChI=1S/C2H5.ClH.Ga.2H/c1-2;;;;/h1H2,2H3;1H;;;/q;;+1;;/p-1. The van der Waals surface area contributed by atoms with Crippen molar-refractivity contribution in [2.45, 2.75) is 6.92 Å². The molecule has 0 aromatic carbocycles. The average Bonchev–Trinajstić information content (AvgIpc) is 1.50. The number of rotatable bonds is 0. The van der Waals surface area contributed by atoms with E-state index in [9.17, 15) is 0 Å². The summed E-state index contributed by atoms with van der Waals surface area (Å²) in [6.45, 7) is 5.00. The van der Waals surface area contributed by atoms with Crippen LogP contribution in [0.2, 0.25) is 0 Å². The minimum atomic E-state index is 0.535. The summed E-state index contributed by atoms with van der Waals surface area (Å²) in [5, 5.41) is 0. The van der Waals surface area contributed by atoms with Crippen molar-refractivity contribution in [2.75, 3.05) is 0 Å². The molecule has 0 aliphatic heterocycles. The van der Waals surface area contributed by atoms with Gasteiger partial charge in [0.25, 0.3) is 0 Å². The van der Waals surface area contributed by atoms with Crippen molar-refractivity contribution >= 4 is 27.2 Å². The Morgan fingerprint density at radius 2 is 1.50 bits per heavy atom. The van der Waals surface area contributed by atoms with E-state index < -0.39 is 0 Å². The third kappa shape index (κ3) is 12.7. The third-order valence-electron chi connectivity index (χ3n) is 0. The zero-order valence-electron chi connectivity index (χ0n) is 3.09. The number of halogens is 1. The van der Waals surface area contributed by atoms with Gasteiger partial charge in [-0.3, -0.25) is 0 Å². The summed E-state index contributed by atoms with van der Waals surface area (Å²) in [5.41, 5.74) is 0. The molecule has 0 nitrogen and oxygen atoms in total. The van der Waals surface area contributed by atoms with Gasteiger partial charge in [-0.15, -0.1) is 0 Å². The first-order valence-electron chi connectivity index (χ1n) is 1.09. The molecule has 0 saturated carbocycles. The molecular weight excluding hydrogens is 129 g/mol. The van der Waals surface area contributed by atoms with Crippen molar-refractivity contribution in [3.05, 3.63) is 6.92 Å². The Hall–Kier alpha value is 0.926. The van der Waals surface area contributed by atoms with Crippen molar-refractivity contribution in [3.63, 3.8) is 0 Å². The van der Waals surface area contributed by atoms with Crippen LogP contribution in [0.5, 0.6) is 0 Å². The molecule has 0 heterocycles. The van der Waals surface area contributed by atoms with Crippen LogP contribution in [0.4, 0.5) is 0 Å². The quantitative estimate of drug-likeness (QED) is 0.428. The van der Waals surface area contributed by atoms with E-state index in [0.29, 0.717) is 17.6 Å². The Kier molecular flexibility index (Phi) is 86.9. The first-order chi connectivity index (χ1) is 2.00. The van der Waals surface area contributed by atoms with E-state index in [4.69, 9.17) is 9.64 Å². The molecule has 4 heavy (non-hydrogen) atoms. The Morgan fingerprint density at radius 3 is 1.50 bits per heavy atom. The summed E-state index contributed by atoms with van der Waals surface area (Å²) in [6.07, 6.45) is 0. The van der Waals surface area contributed by atoms with Gasteiger partial charge >= 0.3 is 27.2 Å². The van der Waals surface area contributed by atoms with Gasteiger partial charge in [-0.05, 0) is 0 Å². The van der Waals surface area contributed by atoms with Gasteiger partial charge in [0.15, 0.2) is 0 Å². The second-order valence-corrected chi connectivity index (χ2v) is 0. The first kappa shape index (κ1) is 8.87. The molecule has 0 bridgehead atoms. The molecule has 0 unspecified atom stereocenters. The Morgan fingerprint density at radius 1 is 1.50 bits per heavy atom. The van der Waals surface area contributed by atoms with Crippen LogP contribution in [-0.2, 0) is 0 Å². The molecule has 25 valence electrons. The van der Waals surface area contributed by atoms with E-state index in [1.165, 1.54) is 0 Å². The molecule has 2 heteroatoms. The fourth-order valence-corrected chi connectivity index (χ4v) is 0. The van der Waals surface area contributed by atoms with Crippen LogP contribution in [0.1, 0.15) is 6.92 Å². The first-order valence-corrected chi connectivity index (χ1v) is 6.60. The van der Waals surface area contributed by atoms with Crippen LogP contribution >= 0.6 is 9.64 Å². The maximum atomic E-state index is 4.83. The molecule has 0 aromatic heterocycles. The molecule has 0 amide bonds. The van der Waals surface area contributed by atoms with E-state index in [-0.39, 0.29) is 0 Å². The minimum absolute atomic E-state index is 0.535. The van der Waals surface area contributed by atoms with Gasteiger partial charge in [-0.25, -0.2) is 0 Å². The van der Waals surface area contributed by atoms with Gasteiger partial charge in [-0.2, -0.15) is 0 Å². The fourth-order valence-electron chi connectivity index (χ4n) is 0. The van der Waals surface area contributed by atoms with E-state index >= 15 is 0 Å². The summed E-state index contributed by atoms with van der Waals surface area (Å²) in [7, 11) is 4.83. The van der Waals surface area contributed by atoms with Crippen molar-refractivity contribution in [1.29, 1.82) is 0 Å². The summed E-state index contributed by atoms with van der Waals surface area (Å²) in [5.74, 6) is 0. The van der Waals surface area contributed by atoms with E-state index in [1.54, 1.807) is 6.92 Å². The molecule has 0 fully saturated rings. The van der Waals surface area contributed by atoms with Gasteiger partial charge in [0.2, 0.25) is 0 Å². The van der Waals surface area contributed by atoms with Crippen molar-refractivity contribution < 1.29 is 0 Å². The van der Waals surface area contributed by atoms with Gasteiger partial charge < -0.3 is 0 Å². The summed E-state index contributed by atoms with van der Waals surface area (Å²) < 4.78 is 0. The summed E-state index contributed by atoms with van der Waals surface area (Å²) in [4.78, 5) is 0. The van der Waals surface area contributed by atoms with Crippen LogP contribution in [-0.4, -0.2) is 17.6 Å².